The molecule has 0 spiro atoms. The molecule has 2 unspecified atom stereocenters. The van der Waals surface area contributed by atoms with E-state index in [0.717, 1.165) is 40.2 Å². The number of aliphatic hydroxyl groups is 1. The van der Waals surface area contributed by atoms with Crippen LogP contribution in [0.25, 0.3) is 21.5 Å². The summed E-state index contributed by atoms with van der Waals surface area (Å²) in [4.78, 5) is 32.9. The zero-order valence-electron chi connectivity index (χ0n) is 22.8. The van der Waals surface area contributed by atoms with E-state index in [4.69, 9.17) is 0 Å². The van der Waals surface area contributed by atoms with Crippen LogP contribution in [0.5, 0.6) is 0 Å². The maximum absolute atomic E-state index is 13.6. The lowest BCUT2D eigenvalue weighted by Gasteiger charge is -2.38. The maximum Gasteiger partial charge on any atom is 0.281 e. The van der Waals surface area contributed by atoms with E-state index in [1.165, 1.54) is 38.5 Å². The van der Waals surface area contributed by atoms with Gasteiger partial charge < -0.3 is 15.3 Å². The van der Waals surface area contributed by atoms with E-state index in [2.05, 4.69) is 31.9 Å². The molecule has 222 valence electrons. The second-order valence-corrected chi connectivity index (χ2v) is 11.8. The Morgan fingerprint density at radius 1 is 1.24 bits per heavy atom. The molecule has 10 nitrogen and oxygen atoms in total. The smallest absolute Gasteiger partial charge is 0.281 e. The summed E-state index contributed by atoms with van der Waals surface area (Å²) in [6.07, 6.45) is 1.33. The molecular formula is C28H30F3N7O3S. The van der Waals surface area contributed by atoms with E-state index in [9.17, 15) is 27.9 Å². The number of amides is 1. The minimum absolute atomic E-state index is 0.0415. The summed E-state index contributed by atoms with van der Waals surface area (Å²) >= 11 is 1.22. The van der Waals surface area contributed by atoms with Gasteiger partial charge >= 0.3 is 0 Å². The van der Waals surface area contributed by atoms with Gasteiger partial charge in [0.25, 0.3) is 12.0 Å². The fourth-order valence-corrected chi connectivity index (χ4v) is 6.79. The van der Waals surface area contributed by atoms with Crippen LogP contribution in [0.3, 0.4) is 0 Å². The number of halogens is 3. The number of aryl methyl sites for hydroxylation is 1. The average Bonchev–Trinajstić information content (AvgIpc) is 3.71. The van der Waals surface area contributed by atoms with E-state index >= 15 is 0 Å². The predicted molar refractivity (Wildman–Crippen MR) is 150 cm³/mol. The zero-order chi connectivity index (χ0) is 29.6. The highest BCUT2D eigenvalue weighted by atomic mass is 32.1. The highest BCUT2D eigenvalue weighted by Crippen LogP contribution is 2.37. The van der Waals surface area contributed by atoms with E-state index < -0.39 is 36.3 Å². The number of alkyl halides is 2. The third-order valence-corrected chi connectivity index (χ3v) is 9.28. The van der Waals surface area contributed by atoms with Gasteiger partial charge in [-0.15, -0.1) is 5.10 Å². The summed E-state index contributed by atoms with van der Waals surface area (Å²) in [7, 11) is 1.96. The van der Waals surface area contributed by atoms with E-state index in [1.807, 2.05) is 13.1 Å². The summed E-state index contributed by atoms with van der Waals surface area (Å²) in [6.45, 7) is 0.202. The van der Waals surface area contributed by atoms with Crippen LogP contribution in [0.2, 0.25) is 0 Å². The first-order valence-electron chi connectivity index (χ1n) is 13.8. The number of carbonyl (C=O) groups is 1. The Kier molecular flexibility index (Phi) is 7.62. The van der Waals surface area contributed by atoms with Crippen molar-refractivity contribution in [2.75, 3.05) is 20.1 Å². The molecule has 2 atom stereocenters. The molecule has 1 amide bonds. The quantitative estimate of drug-likeness (QED) is 0.318. The maximum atomic E-state index is 13.6. The largest absolute Gasteiger partial charge is 0.388 e. The molecule has 2 N–H and O–H groups in total. The van der Waals surface area contributed by atoms with Crippen LogP contribution in [0.15, 0.2) is 41.6 Å². The standard InChI is InChI=1S/C28H30F3N7O3S/c1-32-19-5-3-16-12-17(2-4-18(16)19)25-23-24(35-42-25)27(40)37(15-33-23)14-28(41)7-10-36(11-8-28)22(39)13-20(26(30)31)38-9-6-21(29)34-38/h2,4,6,9,12,15,19-20,26,32,41H,3,5,7-8,10-11,13-14H2,1H3. The average molecular weight is 602 g/mol. The molecule has 1 aromatic carbocycles. The summed E-state index contributed by atoms with van der Waals surface area (Å²) in [5.41, 5.74) is 2.61. The van der Waals surface area contributed by atoms with Crippen LogP contribution in [-0.4, -0.2) is 71.8 Å². The highest BCUT2D eigenvalue weighted by molar-refractivity contribution is 7.11. The Morgan fingerprint density at radius 3 is 2.71 bits per heavy atom. The molecule has 0 saturated carbocycles. The number of nitrogens with one attached hydrogen (secondary N) is 1. The molecule has 0 radical (unpaired) electrons. The highest BCUT2D eigenvalue weighted by Gasteiger charge is 2.36. The molecular weight excluding hydrogens is 571 g/mol. The fourth-order valence-electron chi connectivity index (χ4n) is 5.98. The summed E-state index contributed by atoms with van der Waals surface area (Å²) in [6, 6.07) is 5.99. The Morgan fingerprint density at radius 2 is 2.02 bits per heavy atom. The van der Waals surface area contributed by atoms with Crippen LogP contribution in [0, 0.1) is 5.95 Å². The first-order valence-corrected chi connectivity index (χ1v) is 14.6. The van der Waals surface area contributed by atoms with Gasteiger partial charge in [0.15, 0.2) is 5.52 Å². The molecule has 42 heavy (non-hydrogen) atoms. The van der Waals surface area contributed by atoms with Gasteiger partial charge in [0.2, 0.25) is 11.9 Å². The number of piperidine rings is 1. The molecule has 2 aliphatic rings. The number of carbonyl (C=O) groups excluding carboxylic acids is 1. The number of rotatable bonds is 8. The zero-order valence-corrected chi connectivity index (χ0v) is 23.7. The number of aromatic nitrogens is 5. The van der Waals surface area contributed by atoms with Gasteiger partial charge in [0, 0.05) is 31.4 Å². The second kappa shape index (κ2) is 11.2. The van der Waals surface area contributed by atoms with Crippen LogP contribution in [0.4, 0.5) is 13.2 Å². The first kappa shape index (κ1) is 28.5. The molecule has 0 bridgehead atoms. The number of hydrogen-bond acceptors (Lipinski definition) is 8. The van der Waals surface area contributed by atoms with Crippen molar-refractivity contribution in [1.29, 1.82) is 0 Å². The van der Waals surface area contributed by atoms with Gasteiger partial charge in [0.1, 0.15) is 11.6 Å². The van der Waals surface area contributed by atoms with E-state index in [0.29, 0.717) is 11.6 Å². The fraction of sp³-hybridized carbons (Fsp3) is 0.464. The van der Waals surface area contributed by atoms with Crippen LogP contribution >= 0.6 is 11.5 Å². The van der Waals surface area contributed by atoms with Crippen LogP contribution < -0.4 is 10.9 Å². The van der Waals surface area contributed by atoms with Gasteiger partial charge in [-0.05, 0) is 67.0 Å². The van der Waals surface area contributed by atoms with Crippen molar-refractivity contribution in [2.45, 2.75) is 62.8 Å². The molecule has 1 fully saturated rings. The minimum atomic E-state index is -2.91. The van der Waals surface area contributed by atoms with Crippen molar-refractivity contribution in [3.63, 3.8) is 0 Å². The molecule has 4 heterocycles. The van der Waals surface area contributed by atoms with Gasteiger partial charge in [-0.25, -0.2) is 13.8 Å². The molecule has 14 heteroatoms. The topological polar surface area (TPSA) is 118 Å². The number of fused-ring (bicyclic) bond motifs is 2. The number of likely N-dealkylation sites (tertiary alicyclic amines) is 1. The van der Waals surface area contributed by atoms with E-state index in [1.54, 1.807) is 0 Å². The lowest BCUT2D eigenvalue weighted by Crippen LogP contribution is -2.50. The van der Waals surface area contributed by atoms with Gasteiger partial charge in [-0.2, -0.15) is 8.76 Å². The van der Waals surface area contributed by atoms with Crippen molar-refractivity contribution in [1.82, 2.24) is 33.9 Å². The van der Waals surface area contributed by atoms with Gasteiger partial charge in [0.05, 0.1) is 29.8 Å². The SMILES string of the molecule is CNC1CCc2cc(-c3snc4c(=O)n(CC5(O)CCN(C(=O)CC(C(F)F)n6ccc(F)n6)CC5)cnc34)ccc21. The van der Waals surface area contributed by atoms with Gasteiger partial charge in [-0.1, -0.05) is 12.1 Å². The number of hydrogen-bond donors (Lipinski definition) is 2. The van der Waals surface area contributed by atoms with Crippen LogP contribution in [-0.2, 0) is 17.8 Å². The Labute approximate surface area is 243 Å². The molecule has 4 aromatic rings. The summed E-state index contributed by atoms with van der Waals surface area (Å²) < 4.78 is 46.9. The predicted octanol–water partition coefficient (Wildman–Crippen LogP) is 3.31. The van der Waals surface area contributed by atoms with Crippen molar-refractivity contribution in [3.05, 3.63) is 64.2 Å². The van der Waals surface area contributed by atoms with E-state index in [-0.39, 0.29) is 43.6 Å². The third kappa shape index (κ3) is 5.34. The Hall–Kier alpha value is -3.62. The normalized spacial score (nSPS) is 19.0. The second-order valence-electron chi connectivity index (χ2n) is 11.0. The lowest BCUT2D eigenvalue weighted by atomic mass is 9.91. The number of nitrogens with zero attached hydrogens (tertiary/aromatic N) is 6. The van der Waals surface area contributed by atoms with Crippen molar-refractivity contribution < 1.29 is 23.1 Å². The summed E-state index contributed by atoms with van der Waals surface area (Å²) in [5, 5.41) is 18.0. The van der Waals surface area contributed by atoms with Crippen LogP contribution in [0.1, 0.15) is 48.9 Å². The van der Waals surface area contributed by atoms with Crippen molar-refractivity contribution >= 4 is 28.5 Å². The molecule has 1 aliphatic carbocycles. The molecule has 6 rings (SSSR count). The number of benzene rings is 1. The lowest BCUT2D eigenvalue weighted by molar-refractivity contribution is -0.138. The third-order valence-electron chi connectivity index (χ3n) is 8.39. The monoisotopic (exact) mass is 601 g/mol. The molecule has 1 saturated heterocycles. The minimum Gasteiger partial charge on any atom is -0.388 e. The first-order chi connectivity index (χ1) is 20.2. The van der Waals surface area contributed by atoms with Crippen molar-refractivity contribution in [3.8, 4) is 10.4 Å². The Balaban J connectivity index is 1.13. The van der Waals surface area contributed by atoms with Gasteiger partial charge in [-0.3, -0.25) is 18.8 Å². The van der Waals surface area contributed by atoms with Crippen molar-refractivity contribution in [2.24, 2.45) is 0 Å². The molecule has 3 aromatic heterocycles. The summed E-state index contributed by atoms with van der Waals surface area (Å²) in [5.74, 6) is -1.44. The Bertz CT molecular complexity index is 1680. The molecule has 1 aliphatic heterocycles.